The summed E-state index contributed by atoms with van der Waals surface area (Å²) < 4.78 is 4.91. The molecule has 0 aromatic heterocycles. The molecule has 0 saturated heterocycles. The first kappa shape index (κ1) is 9.37. The maximum Gasteiger partial charge on any atom is 0.162 e. The van der Waals surface area contributed by atoms with Crippen molar-refractivity contribution in [3.8, 4) is 0 Å². The summed E-state index contributed by atoms with van der Waals surface area (Å²) in [7, 11) is 0. The fourth-order valence-electron chi connectivity index (χ4n) is 0.604. The normalized spacial score (nSPS) is 9.40. The van der Waals surface area contributed by atoms with E-state index in [4.69, 9.17) is 4.74 Å². The Balaban J connectivity index is 3.35. The molecule has 0 N–H and O–H groups in total. The Morgan fingerprint density at radius 2 is 2.20 bits per heavy atom. The third-order valence-electron chi connectivity index (χ3n) is 0.966. The zero-order valence-corrected chi connectivity index (χ0v) is 6.64. The van der Waals surface area contributed by atoms with E-state index in [-0.39, 0.29) is 12.4 Å². The third-order valence-corrected chi connectivity index (χ3v) is 0.966. The quantitative estimate of drug-likeness (QED) is 0.544. The van der Waals surface area contributed by atoms with Crippen molar-refractivity contribution in [1.82, 2.24) is 0 Å². The number of ether oxygens (including phenoxy) is 1. The number of rotatable bonds is 5. The molecule has 0 heterocycles. The molecule has 0 aliphatic rings. The number of hydrogen-bond acceptors (Lipinski definition) is 2. The average molecular weight is 142 g/mol. The molecule has 2 nitrogen and oxygen atoms in total. The Morgan fingerprint density at radius 3 is 2.60 bits per heavy atom. The third kappa shape index (κ3) is 5.51. The highest BCUT2D eigenvalue weighted by Gasteiger charge is 1.99. The number of hydrogen-bond donors (Lipinski definition) is 0. The molecule has 0 spiro atoms. The first-order chi connectivity index (χ1) is 4.66. The Kier molecular flexibility index (Phi) is 4.85. The van der Waals surface area contributed by atoms with Crippen LogP contribution < -0.4 is 0 Å². The van der Waals surface area contributed by atoms with Crippen LogP contribution in [-0.2, 0) is 9.53 Å². The molecule has 0 aromatic rings. The summed E-state index contributed by atoms with van der Waals surface area (Å²) in [6, 6.07) is 0. The first-order valence-corrected chi connectivity index (χ1v) is 3.40. The highest BCUT2D eigenvalue weighted by atomic mass is 16.5. The summed E-state index contributed by atoms with van der Waals surface area (Å²) in [5, 5.41) is 0. The van der Waals surface area contributed by atoms with E-state index in [9.17, 15) is 4.79 Å². The molecule has 0 unspecified atom stereocenters. The van der Waals surface area contributed by atoms with Gasteiger partial charge in [-0.2, -0.15) is 0 Å². The maximum atomic E-state index is 10.8. The van der Waals surface area contributed by atoms with Gasteiger partial charge >= 0.3 is 0 Å². The van der Waals surface area contributed by atoms with Crippen molar-refractivity contribution in [2.45, 2.75) is 20.3 Å². The van der Waals surface area contributed by atoms with Crippen molar-refractivity contribution in [3.63, 3.8) is 0 Å². The molecule has 0 aliphatic carbocycles. The minimum absolute atomic E-state index is 0.106. The molecule has 2 heteroatoms. The maximum absolute atomic E-state index is 10.8. The summed E-state index contributed by atoms with van der Waals surface area (Å²) in [6.45, 7) is 8.16. The molecule has 0 rings (SSSR count). The summed E-state index contributed by atoms with van der Waals surface area (Å²) in [5.41, 5.74) is 0.893. The molecule has 0 atom stereocenters. The molecule has 0 saturated carbocycles. The van der Waals surface area contributed by atoms with Crippen molar-refractivity contribution in [1.29, 1.82) is 0 Å². The predicted molar refractivity (Wildman–Crippen MR) is 40.9 cm³/mol. The molecule has 0 aliphatic heterocycles. The van der Waals surface area contributed by atoms with Crippen molar-refractivity contribution in [2.75, 3.05) is 13.2 Å². The van der Waals surface area contributed by atoms with E-state index in [0.717, 1.165) is 5.57 Å². The van der Waals surface area contributed by atoms with Crippen LogP contribution in [0.5, 0.6) is 0 Å². The van der Waals surface area contributed by atoms with Crippen LogP contribution in [0.15, 0.2) is 12.2 Å². The number of carbonyl (C=O) groups is 1. The Labute approximate surface area is 61.9 Å². The summed E-state index contributed by atoms with van der Waals surface area (Å²) in [5.74, 6) is 0.106. The second kappa shape index (κ2) is 5.18. The highest BCUT2D eigenvalue weighted by Crippen LogP contribution is 1.96. The Morgan fingerprint density at radius 1 is 1.60 bits per heavy atom. The standard InChI is InChI=1S/C8H14O2/c1-4-10-6-8(9)5-7(2)3/h2,4-6H2,1,3H3. The van der Waals surface area contributed by atoms with E-state index in [0.29, 0.717) is 13.0 Å². The predicted octanol–water partition coefficient (Wildman–Crippen LogP) is 1.56. The van der Waals surface area contributed by atoms with E-state index in [2.05, 4.69) is 6.58 Å². The lowest BCUT2D eigenvalue weighted by atomic mass is 10.2. The van der Waals surface area contributed by atoms with Crippen molar-refractivity contribution in [2.24, 2.45) is 0 Å². The Bertz CT molecular complexity index is 127. The van der Waals surface area contributed by atoms with Gasteiger partial charge in [0.25, 0.3) is 0 Å². The summed E-state index contributed by atoms with van der Waals surface area (Å²) >= 11 is 0. The van der Waals surface area contributed by atoms with Gasteiger partial charge < -0.3 is 4.74 Å². The number of ketones is 1. The van der Waals surface area contributed by atoms with Crippen LogP contribution >= 0.6 is 0 Å². The van der Waals surface area contributed by atoms with Crippen molar-refractivity contribution < 1.29 is 9.53 Å². The lowest BCUT2D eigenvalue weighted by Crippen LogP contribution is -2.08. The van der Waals surface area contributed by atoms with Gasteiger partial charge in [0, 0.05) is 13.0 Å². The largest absolute Gasteiger partial charge is 0.374 e. The molecule has 0 bridgehead atoms. The molecule has 0 fully saturated rings. The molecule has 0 amide bonds. The van der Waals surface area contributed by atoms with E-state index in [1.165, 1.54) is 0 Å². The molecule has 58 valence electrons. The molecular formula is C8H14O2. The van der Waals surface area contributed by atoms with E-state index in [1.54, 1.807) is 0 Å². The van der Waals surface area contributed by atoms with Crippen LogP contribution in [0.25, 0.3) is 0 Å². The highest BCUT2D eigenvalue weighted by molar-refractivity contribution is 5.81. The van der Waals surface area contributed by atoms with Crippen LogP contribution in [0, 0.1) is 0 Å². The van der Waals surface area contributed by atoms with Gasteiger partial charge in [-0.1, -0.05) is 12.2 Å². The average Bonchev–Trinajstić information content (AvgIpc) is 1.82. The summed E-state index contributed by atoms with van der Waals surface area (Å²) in [4.78, 5) is 10.8. The van der Waals surface area contributed by atoms with Gasteiger partial charge in [-0.05, 0) is 13.8 Å². The van der Waals surface area contributed by atoms with Gasteiger partial charge in [-0.25, -0.2) is 0 Å². The van der Waals surface area contributed by atoms with Crippen LogP contribution in [0.1, 0.15) is 20.3 Å². The fraction of sp³-hybridized carbons (Fsp3) is 0.625. The van der Waals surface area contributed by atoms with E-state index in [1.807, 2.05) is 13.8 Å². The summed E-state index contributed by atoms with van der Waals surface area (Å²) in [6.07, 6.45) is 0.444. The topological polar surface area (TPSA) is 26.3 Å². The number of carbonyl (C=O) groups excluding carboxylic acids is 1. The van der Waals surface area contributed by atoms with E-state index >= 15 is 0 Å². The SMILES string of the molecule is C=C(C)CC(=O)COCC. The van der Waals surface area contributed by atoms with Gasteiger partial charge in [-0.15, -0.1) is 0 Å². The van der Waals surface area contributed by atoms with Crippen LogP contribution in [-0.4, -0.2) is 19.0 Å². The smallest absolute Gasteiger partial charge is 0.162 e. The van der Waals surface area contributed by atoms with Crippen LogP contribution in [0.4, 0.5) is 0 Å². The minimum Gasteiger partial charge on any atom is -0.374 e. The van der Waals surface area contributed by atoms with E-state index < -0.39 is 0 Å². The lowest BCUT2D eigenvalue weighted by molar-refractivity contribution is -0.122. The van der Waals surface area contributed by atoms with Crippen LogP contribution in [0.3, 0.4) is 0 Å². The second-order valence-electron chi connectivity index (χ2n) is 2.31. The molecule has 10 heavy (non-hydrogen) atoms. The fourth-order valence-corrected chi connectivity index (χ4v) is 0.604. The van der Waals surface area contributed by atoms with Gasteiger partial charge in [0.15, 0.2) is 5.78 Å². The Hall–Kier alpha value is -0.630. The second-order valence-corrected chi connectivity index (χ2v) is 2.31. The van der Waals surface area contributed by atoms with Gasteiger partial charge in [0.05, 0.1) is 0 Å². The van der Waals surface area contributed by atoms with Gasteiger partial charge in [0.1, 0.15) is 6.61 Å². The van der Waals surface area contributed by atoms with Gasteiger partial charge in [-0.3, -0.25) is 4.79 Å². The monoisotopic (exact) mass is 142 g/mol. The van der Waals surface area contributed by atoms with Crippen molar-refractivity contribution >= 4 is 5.78 Å². The lowest BCUT2D eigenvalue weighted by Gasteiger charge is -1.98. The van der Waals surface area contributed by atoms with Gasteiger partial charge in [0.2, 0.25) is 0 Å². The zero-order chi connectivity index (χ0) is 7.98. The zero-order valence-electron chi connectivity index (χ0n) is 6.64. The number of Topliss-reactive ketones (excluding diaryl/α,β-unsaturated/α-hetero) is 1. The van der Waals surface area contributed by atoms with Crippen LogP contribution in [0.2, 0.25) is 0 Å². The number of allylic oxidation sites excluding steroid dienone is 1. The minimum atomic E-state index is 0.106. The first-order valence-electron chi connectivity index (χ1n) is 3.40. The molecular weight excluding hydrogens is 128 g/mol. The molecule has 0 radical (unpaired) electrons. The van der Waals surface area contributed by atoms with Crippen molar-refractivity contribution in [3.05, 3.63) is 12.2 Å². The molecule has 0 aromatic carbocycles.